The molecule has 0 bridgehead atoms. The lowest BCUT2D eigenvalue weighted by atomic mass is 10.0. The Morgan fingerprint density at radius 3 is 2.87 bits per heavy atom. The molecule has 0 spiro atoms. The molecule has 0 saturated carbocycles. The number of aliphatic hydroxyl groups is 1. The highest BCUT2D eigenvalue weighted by Crippen LogP contribution is 2.20. The van der Waals surface area contributed by atoms with E-state index in [1.165, 1.54) is 0 Å². The molecule has 0 aromatic heterocycles. The van der Waals surface area contributed by atoms with E-state index in [4.69, 9.17) is 4.74 Å². The smallest absolute Gasteiger partial charge is 0.220 e. The SMILES string of the molecule is O=C(CCC1CCCO1)NCC(O)c1ccc2ccccc2c1. The van der Waals surface area contributed by atoms with Gasteiger partial charge in [-0.2, -0.15) is 0 Å². The third-order valence-corrected chi connectivity index (χ3v) is 4.37. The van der Waals surface area contributed by atoms with Gasteiger partial charge < -0.3 is 15.2 Å². The summed E-state index contributed by atoms with van der Waals surface area (Å²) in [6, 6.07) is 13.9. The first-order valence-corrected chi connectivity index (χ1v) is 8.27. The highest BCUT2D eigenvalue weighted by atomic mass is 16.5. The maximum absolute atomic E-state index is 11.9. The minimum atomic E-state index is -0.689. The molecule has 2 aromatic rings. The fraction of sp³-hybridized carbons (Fsp3) is 0.421. The molecule has 1 fully saturated rings. The van der Waals surface area contributed by atoms with Gasteiger partial charge in [0.05, 0.1) is 12.2 Å². The fourth-order valence-corrected chi connectivity index (χ4v) is 3.00. The van der Waals surface area contributed by atoms with Crippen LogP contribution in [0.2, 0.25) is 0 Å². The summed E-state index contributed by atoms with van der Waals surface area (Å²) in [5.74, 6) is -0.0275. The molecule has 23 heavy (non-hydrogen) atoms. The monoisotopic (exact) mass is 313 g/mol. The van der Waals surface area contributed by atoms with Gasteiger partial charge in [-0.3, -0.25) is 4.79 Å². The summed E-state index contributed by atoms with van der Waals surface area (Å²) in [7, 11) is 0. The van der Waals surface area contributed by atoms with Crippen LogP contribution in [0.15, 0.2) is 42.5 Å². The Labute approximate surface area is 136 Å². The van der Waals surface area contributed by atoms with Crippen molar-refractivity contribution in [2.75, 3.05) is 13.2 Å². The minimum Gasteiger partial charge on any atom is -0.387 e. The first-order valence-electron chi connectivity index (χ1n) is 8.27. The molecule has 2 atom stereocenters. The Balaban J connectivity index is 1.49. The molecule has 122 valence electrons. The zero-order chi connectivity index (χ0) is 16.1. The Kier molecular flexibility index (Phi) is 5.26. The van der Waals surface area contributed by atoms with E-state index in [1.54, 1.807) is 0 Å². The first kappa shape index (κ1) is 16.0. The third-order valence-electron chi connectivity index (χ3n) is 4.37. The maximum atomic E-state index is 11.9. The highest BCUT2D eigenvalue weighted by molar-refractivity contribution is 5.83. The molecular formula is C19H23NO3. The van der Waals surface area contributed by atoms with Gasteiger partial charge in [0.1, 0.15) is 0 Å². The zero-order valence-corrected chi connectivity index (χ0v) is 13.2. The second-order valence-electron chi connectivity index (χ2n) is 6.10. The number of carbonyl (C=O) groups excluding carboxylic acids is 1. The Hall–Kier alpha value is -1.91. The molecule has 1 amide bonds. The van der Waals surface area contributed by atoms with E-state index in [9.17, 15) is 9.90 Å². The van der Waals surface area contributed by atoms with Crippen LogP contribution in [-0.2, 0) is 9.53 Å². The van der Waals surface area contributed by atoms with E-state index in [0.717, 1.165) is 42.2 Å². The normalized spacial score (nSPS) is 18.9. The predicted octanol–water partition coefficient (Wildman–Crippen LogP) is 2.95. The van der Waals surface area contributed by atoms with E-state index in [-0.39, 0.29) is 18.6 Å². The number of ether oxygens (including phenoxy) is 1. The Bertz CT molecular complexity index is 664. The lowest BCUT2D eigenvalue weighted by molar-refractivity contribution is -0.122. The van der Waals surface area contributed by atoms with E-state index in [0.29, 0.717) is 6.42 Å². The first-order chi connectivity index (χ1) is 11.2. The van der Waals surface area contributed by atoms with Crippen LogP contribution < -0.4 is 5.32 Å². The molecule has 1 aliphatic rings. The van der Waals surface area contributed by atoms with Crippen LogP contribution >= 0.6 is 0 Å². The van der Waals surface area contributed by atoms with Crippen molar-refractivity contribution in [3.8, 4) is 0 Å². The molecule has 0 radical (unpaired) electrons. The Morgan fingerprint density at radius 2 is 2.09 bits per heavy atom. The van der Waals surface area contributed by atoms with Crippen LogP contribution in [0, 0.1) is 0 Å². The molecule has 0 aliphatic carbocycles. The van der Waals surface area contributed by atoms with Crippen molar-refractivity contribution in [1.29, 1.82) is 0 Å². The summed E-state index contributed by atoms with van der Waals surface area (Å²) in [5, 5.41) is 15.3. The van der Waals surface area contributed by atoms with Crippen molar-refractivity contribution >= 4 is 16.7 Å². The number of aliphatic hydroxyl groups excluding tert-OH is 1. The van der Waals surface area contributed by atoms with Crippen LogP contribution in [0.5, 0.6) is 0 Å². The van der Waals surface area contributed by atoms with Gasteiger partial charge in [0.15, 0.2) is 0 Å². The average Bonchev–Trinajstić information content (AvgIpc) is 3.11. The fourth-order valence-electron chi connectivity index (χ4n) is 3.00. The molecule has 4 heteroatoms. The summed E-state index contributed by atoms with van der Waals surface area (Å²) in [6.07, 6.45) is 2.89. The molecule has 3 rings (SSSR count). The summed E-state index contributed by atoms with van der Waals surface area (Å²) < 4.78 is 5.51. The quantitative estimate of drug-likeness (QED) is 0.862. The number of carbonyl (C=O) groups is 1. The van der Waals surface area contributed by atoms with Crippen molar-refractivity contribution in [3.63, 3.8) is 0 Å². The molecule has 4 nitrogen and oxygen atoms in total. The van der Waals surface area contributed by atoms with E-state index in [2.05, 4.69) is 5.32 Å². The van der Waals surface area contributed by atoms with Crippen LogP contribution in [-0.4, -0.2) is 30.3 Å². The average molecular weight is 313 g/mol. The molecule has 2 aromatic carbocycles. The second-order valence-corrected chi connectivity index (χ2v) is 6.10. The van der Waals surface area contributed by atoms with Crippen molar-refractivity contribution in [1.82, 2.24) is 5.32 Å². The van der Waals surface area contributed by atoms with Gasteiger partial charge in [0, 0.05) is 19.6 Å². The second kappa shape index (κ2) is 7.57. The molecule has 2 N–H and O–H groups in total. The molecule has 1 saturated heterocycles. The van der Waals surface area contributed by atoms with Gasteiger partial charge in [-0.25, -0.2) is 0 Å². The summed E-state index contributed by atoms with van der Waals surface area (Å²) in [6.45, 7) is 1.05. The summed E-state index contributed by atoms with van der Waals surface area (Å²) in [5.41, 5.74) is 0.822. The number of rotatable bonds is 6. The topological polar surface area (TPSA) is 58.6 Å². The minimum absolute atomic E-state index is 0.0275. The highest BCUT2D eigenvalue weighted by Gasteiger charge is 2.17. The van der Waals surface area contributed by atoms with Gasteiger partial charge in [-0.1, -0.05) is 36.4 Å². The van der Waals surface area contributed by atoms with Gasteiger partial charge in [-0.15, -0.1) is 0 Å². The number of benzene rings is 2. The van der Waals surface area contributed by atoms with Crippen molar-refractivity contribution in [2.24, 2.45) is 0 Å². The molecule has 1 heterocycles. The van der Waals surface area contributed by atoms with E-state index < -0.39 is 6.10 Å². The van der Waals surface area contributed by atoms with Crippen LogP contribution in [0.1, 0.15) is 37.4 Å². The van der Waals surface area contributed by atoms with Gasteiger partial charge in [0.25, 0.3) is 0 Å². The lowest BCUT2D eigenvalue weighted by Crippen LogP contribution is -2.28. The largest absolute Gasteiger partial charge is 0.387 e. The summed E-state index contributed by atoms with van der Waals surface area (Å²) in [4.78, 5) is 11.9. The van der Waals surface area contributed by atoms with Crippen LogP contribution in [0.25, 0.3) is 10.8 Å². The van der Waals surface area contributed by atoms with Crippen molar-refractivity contribution in [3.05, 3.63) is 48.0 Å². The number of nitrogens with one attached hydrogen (secondary N) is 1. The number of fused-ring (bicyclic) bond motifs is 1. The zero-order valence-electron chi connectivity index (χ0n) is 13.2. The van der Waals surface area contributed by atoms with Gasteiger partial charge >= 0.3 is 0 Å². The standard InChI is InChI=1S/C19H23NO3/c21-18(13-20-19(22)10-9-17-6-3-11-23-17)16-8-7-14-4-1-2-5-15(14)12-16/h1-2,4-5,7-8,12,17-18,21H,3,6,9-11,13H2,(H,20,22). The molecular weight excluding hydrogens is 290 g/mol. The van der Waals surface area contributed by atoms with Gasteiger partial charge in [-0.05, 0) is 41.7 Å². The number of hydrogen-bond acceptors (Lipinski definition) is 3. The molecule has 2 unspecified atom stereocenters. The Morgan fingerprint density at radius 1 is 1.26 bits per heavy atom. The molecule has 1 aliphatic heterocycles. The number of amides is 1. The maximum Gasteiger partial charge on any atom is 0.220 e. The van der Waals surface area contributed by atoms with Gasteiger partial charge in [0.2, 0.25) is 5.91 Å². The van der Waals surface area contributed by atoms with Crippen molar-refractivity contribution < 1.29 is 14.6 Å². The van der Waals surface area contributed by atoms with E-state index in [1.807, 2.05) is 42.5 Å². The summed E-state index contributed by atoms with van der Waals surface area (Å²) >= 11 is 0. The predicted molar refractivity (Wildman–Crippen MR) is 90.1 cm³/mol. The van der Waals surface area contributed by atoms with Crippen LogP contribution in [0.3, 0.4) is 0 Å². The number of hydrogen-bond donors (Lipinski definition) is 2. The lowest BCUT2D eigenvalue weighted by Gasteiger charge is -2.14. The van der Waals surface area contributed by atoms with Crippen LogP contribution in [0.4, 0.5) is 0 Å². The third kappa shape index (κ3) is 4.30. The van der Waals surface area contributed by atoms with E-state index >= 15 is 0 Å². The van der Waals surface area contributed by atoms with Crippen molar-refractivity contribution in [2.45, 2.75) is 37.9 Å².